The molecule has 0 aliphatic carbocycles. The Morgan fingerprint density at radius 1 is 1.12 bits per heavy atom. The van der Waals surface area contributed by atoms with Crippen LogP contribution in [0.2, 0.25) is 0 Å². The molecule has 6 heteroatoms. The molecule has 1 amide bonds. The van der Waals surface area contributed by atoms with Crippen LogP contribution in [0.4, 0.5) is 5.69 Å². The van der Waals surface area contributed by atoms with E-state index in [1.807, 2.05) is 6.07 Å². The molecular formula is C19H17N3O3. The maximum Gasteiger partial charge on any atom is 0.255 e. The lowest BCUT2D eigenvalue weighted by Gasteiger charge is -2.08. The van der Waals surface area contributed by atoms with E-state index in [0.29, 0.717) is 34.1 Å². The van der Waals surface area contributed by atoms with Crippen LogP contribution < -0.4 is 15.6 Å². The number of H-pyrrole nitrogens is 1. The van der Waals surface area contributed by atoms with Gasteiger partial charge in [0.25, 0.3) is 11.5 Å². The molecule has 126 valence electrons. The standard InChI is InChI=1S/C19H17N3O3/c1-12-10-17(23)22-18(20-12)14-4-3-5-15(11-14)21-19(24)13-6-8-16(25-2)9-7-13/h3-11H,1-2H3,(H,21,24)(H,20,22,23). The highest BCUT2D eigenvalue weighted by molar-refractivity contribution is 6.04. The fourth-order valence-corrected chi connectivity index (χ4v) is 2.41. The molecule has 0 fully saturated rings. The van der Waals surface area contributed by atoms with Crippen LogP contribution >= 0.6 is 0 Å². The fourth-order valence-electron chi connectivity index (χ4n) is 2.41. The number of carbonyl (C=O) groups excluding carboxylic acids is 1. The minimum absolute atomic E-state index is 0.213. The van der Waals surface area contributed by atoms with Crippen LogP contribution in [0.25, 0.3) is 11.4 Å². The molecule has 0 atom stereocenters. The molecule has 0 aliphatic heterocycles. The minimum Gasteiger partial charge on any atom is -0.497 e. The number of aromatic amines is 1. The molecule has 3 aromatic rings. The van der Waals surface area contributed by atoms with Crippen molar-refractivity contribution >= 4 is 11.6 Å². The number of nitrogens with one attached hydrogen (secondary N) is 2. The van der Waals surface area contributed by atoms with E-state index in [2.05, 4.69) is 15.3 Å². The van der Waals surface area contributed by atoms with E-state index in [9.17, 15) is 9.59 Å². The number of carbonyl (C=O) groups is 1. The second-order valence-corrected chi connectivity index (χ2v) is 5.50. The number of hydrogen-bond acceptors (Lipinski definition) is 4. The van der Waals surface area contributed by atoms with E-state index < -0.39 is 0 Å². The third-order valence-corrected chi connectivity index (χ3v) is 3.62. The Morgan fingerprint density at radius 2 is 1.88 bits per heavy atom. The number of hydrogen-bond donors (Lipinski definition) is 2. The Morgan fingerprint density at radius 3 is 2.56 bits per heavy atom. The predicted molar refractivity (Wildman–Crippen MR) is 96.0 cm³/mol. The lowest BCUT2D eigenvalue weighted by Crippen LogP contribution is -2.12. The highest BCUT2D eigenvalue weighted by Gasteiger charge is 2.08. The zero-order chi connectivity index (χ0) is 17.8. The number of amides is 1. The van der Waals surface area contributed by atoms with Crippen molar-refractivity contribution in [2.24, 2.45) is 0 Å². The Labute approximate surface area is 144 Å². The van der Waals surface area contributed by atoms with Crippen molar-refractivity contribution < 1.29 is 9.53 Å². The Bertz CT molecular complexity index is 962. The predicted octanol–water partition coefficient (Wildman–Crippen LogP) is 3.01. The Balaban J connectivity index is 1.83. The van der Waals surface area contributed by atoms with Gasteiger partial charge < -0.3 is 15.0 Å². The zero-order valence-corrected chi connectivity index (χ0v) is 13.9. The number of rotatable bonds is 4. The molecule has 2 N–H and O–H groups in total. The van der Waals surface area contributed by atoms with Crippen LogP contribution in [-0.4, -0.2) is 23.0 Å². The van der Waals surface area contributed by atoms with E-state index in [1.165, 1.54) is 6.07 Å². The average Bonchev–Trinajstić information content (AvgIpc) is 2.61. The first-order chi connectivity index (χ1) is 12.0. The van der Waals surface area contributed by atoms with Gasteiger partial charge in [-0.3, -0.25) is 9.59 Å². The third kappa shape index (κ3) is 3.92. The van der Waals surface area contributed by atoms with Crippen LogP contribution in [0.5, 0.6) is 5.75 Å². The molecule has 6 nitrogen and oxygen atoms in total. The molecule has 0 saturated heterocycles. The summed E-state index contributed by atoms with van der Waals surface area (Å²) in [6.45, 7) is 1.76. The molecule has 0 radical (unpaired) electrons. The van der Waals surface area contributed by atoms with Crippen LogP contribution in [0.1, 0.15) is 16.1 Å². The molecule has 0 saturated carbocycles. The molecular weight excluding hydrogens is 318 g/mol. The first-order valence-corrected chi connectivity index (χ1v) is 7.69. The van der Waals surface area contributed by atoms with E-state index in [1.54, 1.807) is 56.5 Å². The normalized spacial score (nSPS) is 10.3. The van der Waals surface area contributed by atoms with Gasteiger partial charge in [0.05, 0.1) is 7.11 Å². The molecule has 3 rings (SSSR count). The highest BCUT2D eigenvalue weighted by atomic mass is 16.5. The summed E-state index contributed by atoms with van der Waals surface area (Å²) in [5.41, 5.74) is 2.27. The van der Waals surface area contributed by atoms with Crippen molar-refractivity contribution in [2.75, 3.05) is 12.4 Å². The quantitative estimate of drug-likeness (QED) is 0.767. The first kappa shape index (κ1) is 16.4. The van der Waals surface area contributed by atoms with Crippen LogP contribution in [0.15, 0.2) is 59.4 Å². The number of aryl methyl sites for hydroxylation is 1. The number of ether oxygens (including phenoxy) is 1. The number of benzene rings is 2. The van der Waals surface area contributed by atoms with Gasteiger partial charge in [-0.25, -0.2) is 4.98 Å². The Kier molecular flexibility index (Phi) is 4.61. The van der Waals surface area contributed by atoms with Crippen LogP contribution in [0.3, 0.4) is 0 Å². The van der Waals surface area contributed by atoms with Gasteiger partial charge >= 0.3 is 0 Å². The summed E-state index contributed by atoms with van der Waals surface area (Å²) in [5, 5.41) is 2.84. The van der Waals surface area contributed by atoms with Gasteiger partial charge in [-0.15, -0.1) is 0 Å². The Hall–Kier alpha value is -3.41. The van der Waals surface area contributed by atoms with Gasteiger partial charge in [-0.05, 0) is 43.3 Å². The van der Waals surface area contributed by atoms with Crippen molar-refractivity contribution in [1.82, 2.24) is 9.97 Å². The first-order valence-electron chi connectivity index (χ1n) is 7.69. The summed E-state index contributed by atoms with van der Waals surface area (Å²) in [4.78, 5) is 31.0. The van der Waals surface area contributed by atoms with Crippen LogP contribution in [0, 0.1) is 6.92 Å². The third-order valence-electron chi connectivity index (χ3n) is 3.62. The summed E-state index contributed by atoms with van der Waals surface area (Å²) in [6, 6.07) is 15.4. The molecule has 0 bridgehead atoms. The summed E-state index contributed by atoms with van der Waals surface area (Å²) < 4.78 is 5.08. The second kappa shape index (κ2) is 7.00. The fraction of sp³-hybridized carbons (Fsp3) is 0.105. The molecule has 1 aromatic heterocycles. The highest BCUT2D eigenvalue weighted by Crippen LogP contribution is 2.20. The van der Waals surface area contributed by atoms with Gasteiger partial charge in [-0.1, -0.05) is 12.1 Å². The van der Waals surface area contributed by atoms with Gasteiger partial charge in [0.15, 0.2) is 0 Å². The topological polar surface area (TPSA) is 84.1 Å². The molecule has 2 aromatic carbocycles. The number of methoxy groups -OCH3 is 1. The van der Waals surface area contributed by atoms with E-state index in [4.69, 9.17) is 4.74 Å². The molecule has 1 heterocycles. The maximum atomic E-state index is 12.3. The zero-order valence-electron chi connectivity index (χ0n) is 13.9. The van der Waals surface area contributed by atoms with Gasteiger partial charge in [0.1, 0.15) is 11.6 Å². The second-order valence-electron chi connectivity index (χ2n) is 5.50. The summed E-state index contributed by atoms with van der Waals surface area (Å²) in [6.07, 6.45) is 0. The monoisotopic (exact) mass is 335 g/mol. The summed E-state index contributed by atoms with van der Waals surface area (Å²) >= 11 is 0. The van der Waals surface area contributed by atoms with Crippen molar-refractivity contribution in [1.29, 1.82) is 0 Å². The van der Waals surface area contributed by atoms with E-state index >= 15 is 0 Å². The summed E-state index contributed by atoms with van der Waals surface area (Å²) in [7, 11) is 1.57. The van der Waals surface area contributed by atoms with Gasteiger partial charge in [0.2, 0.25) is 0 Å². The minimum atomic E-state index is -0.231. The molecule has 25 heavy (non-hydrogen) atoms. The summed E-state index contributed by atoms with van der Waals surface area (Å²) in [5.74, 6) is 0.920. The largest absolute Gasteiger partial charge is 0.497 e. The molecule has 0 unspecified atom stereocenters. The van der Waals surface area contributed by atoms with Crippen LogP contribution in [-0.2, 0) is 0 Å². The van der Waals surface area contributed by atoms with Gasteiger partial charge in [0, 0.05) is 28.6 Å². The lowest BCUT2D eigenvalue weighted by atomic mass is 10.1. The SMILES string of the molecule is COc1ccc(C(=O)Nc2cccc(-c3nc(C)cc(=O)[nH]3)c2)cc1. The van der Waals surface area contributed by atoms with Gasteiger partial charge in [-0.2, -0.15) is 0 Å². The average molecular weight is 335 g/mol. The number of nitrogens with zero attached hydrogens (tertiary/aromatic N) is 1. The number of anilines is 1. The van der Waals surface area contributed by atoms with Crippen molar-refractivity contribution in [3.63, 3.8) is 0 Å². The van der Waals surface area contributed by atoms with Crippen molar-refractivity contribution in [3.8, 4) is 17.1 Å². The maximum absolute atomic E-state index is 12.3. The van der Waals surface area contributed by atoms with Crippen molar-refractivity contribution in [3.05, 3.63) is 76.2 Å². The lowest BCUT2D eigenvalue weighted by molar-refractivity contribution is 0.102. The van der Waals surface area contributed by atoms with Crippen molar-refractivity contribution in [2.45, 2.75) is 6.92 Å². The number of aromatic nitrogens is 2. The smallest absolute Gasteiger partial charge is 0.255 e. The van der Waals surface area contributed by atoms with E-state index in [-0.39, 0.29) is 11.5 Å². The van der Waals surface area contributed by atoms with E-state index in [0.717, 1.165) is 0 Å². The molecule has 0 aliphatic rings. The molecule has 0 spiro atoms.